The van der Waals surface area contributed by atoms with Gasteiger partial charge in [-0.1, -0.05) is 24.3 Å². The molecule has 1 radical (unpaired) electrons. The molecule has 83 valence electrons. The van der Waals surface area contributed by atoms with Crippen molar-refractivity contribution in [3.05, 3.63) is 24.3 Å². The molecule has 0 aromatic heterocycles. The molecule has 5 heteroatoms. The van der Waals surface area contributed by atoms with Crippen molar-refractivity contribution in [3.8, 4) is 0 Å². The SMILES string of the molecule is C1=CCCCCC=C1.[Cl][Ir]([Cl])[Cl].[Ir]. The topological polar surface area (TPSA) is 0 Å². The quantitative estimate of drug-likeness (QED) is 0.378. The summed E-state index contributed by atoms with van der Waals surface area (Å²) in [5.74, 6) is 0. The zero-order valence-corrected chi connectivity index (χ0v) is 14.0. The third kappa shape index (κ3) is 19.9. The van der Waals surface area contributed by atoms with Gasteiger partial charge in [0.15, 0.2) is 0 Å². The summed E-state index contributed by atoms with van der Waals surface area (Å²) in [5.41, 5.74) is 0. The molecular formula is C8H12Cl3Ir2. The standard InChI is InChI=1S/C8H12.3ClH.2Ir/c1-2-4-6-8-7-5-3-1;;;;;/h1-4H,5-8H2;3*1H;;/q;;;;;+3/p-3. The first-order valence-electron chi connectivity index (χ1n) is 3.69. The number of rotatable bonds is 0. The summed E-state index contributed by atoms with van der Waals surface area (Å²) < 4.78 is 0. The molecule has 13 heavy (non-hydrogen) atoms. The summed E-state index contributed by atoms with van der Waals surface area (Å²) in [5, 5.41) is 0. The van der Waals surface area contributed by atoms with E-state index in [1.165, 1.54) is 25.7 Å². The summed E-state index contributed by atoms with van der Waals surface area (Å²) in [6, 6.07) is 0. The average Bonchev–Trinajstić information content (AvgIpc) is 1.82. The van der Waals surface area contributed by atoms with Crippen LogP contribution in [0.5, 0.6) is 0 Å². The van der Waals surface area contributed by atoms with E-state index in [-0.39, 0.29) is 20.1 Å². The Morgan fingerprint density at radius 1 is 0.846 bits per heavy atom. The van der Waals surface area contributed by atoms with Gasteiger partial charge in [0.2, 0.25) is 0 Å². The maximum atomic E-state index is 4.97. The average molecular weight is 599 g/mol. The predicted octanol–water partition coefficient (Wildman–Crippen LogP) is 4.74. The molecule has 0 nitrogen and oxygen atoms in total. The minimum Gasteiger partial charge on any atom is 0 e. The zero-order chi connectivity index (χ0) is 9.23. The fraction of sp³-hybridized carbons (Fsp3) is 0.500. The van der Waals surface area contributed by atoms with Crippen molar-refractivity contribution in [1.82, 2.24) is 0 Å². The Hall–Kier alpha value is 1.65. The van der Waals surface area contributed by atoms with Crippen LogP contribution < -0.4 is 0 Å². The molecule has 0 heterocycles. The van der Waals surface area contributed by atoms with E-state index >= 15 is 0 Å². The molecule has 1 aliphatic rings. The number of halogens is 3. The molecule has 0 spiro atoms. The van der Waals surface area contributed by atoms with Crippen LogP contribution in [0, 0.1) is 0 Å². The molecule has 0 N–H and O–H groups in total. The molecule has 0 saturated carbocycles. The van der Waals surface area contributed by atoms with E-state index in [2.05, 4.69) is 24.3 Å². The van der Waals surface area contributed by atoms with Crippen molar-refractivity contribution in [2.75, 3.05) is 0 Å². The Kier molecular flexibility index (Phi) is 17.9. The van der Waals surface area contributed by atoms with Gasteiger partial charge in [-0.15, -0.1) is 0 Å². The molecule has 1 rings (SSSR count). The number of hydrogen-bond donors (Lipinski definition) is 0. The third-order valence-electron chi connectivity index (χ3n) is 1.37. The Morgan fingerprint density at radius 3 is 1.46 bits per heavy atom. The fourth-order valence-electron chi connectivity index (χ4n) is 0.874. The first-order valence-corrected chi connectivity index (χ1v) is 12.6. The molecule has 0 fully saturated rings. The van der Waals surface area contributed by atoms with E-state index < -0.39 is 13.5 Å². The Labute approximate surface area is 111 Å². The van der Waals surface area contributed by atoms with Crippen LogP contribution in [0.3, 0.4) is 0 Å². The smallest absolute Gasteiger partial charge is 0 e. The minimum atomic E-state index is -1.92. The fourth-order valence-corrected chi connectivity index (χ4v) is 0.874. The third-order valence-corrected chi connectivity index (χ3v) is 1.37. The molecule has 0 atom stereocenters. The van der Waals surface area contributed by atoms with Gasteiger partial charge < -0.3 is 0 Å². The van der Waals surface area contributed by atoms with Crippen molar-refractivity contribution in [1.29, 1.82) is 0 Å². The second-order valence-corrected chi connectivity index (χ2v) is 12.7. The van der Waals surface area contributed by atoms with Crippen molar-refractivity contribution in [2.45, 2.75) is 25.7 Å². The Bertz CT molecular complexity index is 130. The molecular weight excluding hydrogens is 587 g/mol. The molecule has 1 aliphatic carbocycles. The van der Waals surface area contributed by atoms with Crippen LogP contribution in [-0.4, -0.2) is 0 Å². The van der Waals surface area contributed by atoms with Gasteiger partial charge in [-0.3, -0.25) is 0 Å². The van der Waals surface area contributed by atoms with Crippen LogP contribution in [0.15, 0.2) is 24.3 Å². The van der Waals surface area contributed by atoms with E-state index in [0.29, 0.717) is 0 Å². The Balaban J connectivity index is 0. The van der Waals surface area contributed by atoms with Gasteiger partial charge >= 0.3 is 42.2 Å². The summed E-state index contributed by atoms with van der Waals surface area (Å²) in [6.07, 6.45) is 14.0. The normalized spacial score (nSPS) is 15.8. The molecule has 0 bridgehead atoms. The van der Waals surface area contributed by atoms with Crippen LogP contribution >= 0.6 is 28.8 Å². The van der Waals surface area contributed by atoms with Gasteiger partial charge in [0.05, 0.1) is 0 Å². The Morgan fingerprint density at radius 2 is 1.15 bits per heavy atom. The minimum absolute atomic E-state index is 0. The summed E-state index contributed by atoms with van der Waals surface area (Å²) in [7, 11) is 14.9. The molecule has 0 aliphatic heterocycles. The van der Waals surface area contributed by atoms with E-state index in [9.17, 15) is 0 Å². The number of allylic oxidation sites excluding steroid dienone is 4. The van der Waals surface area contributed by atoms with E-state index in [0.717, 1.165) is 0 Å². The van der Waals surface area contributed by atoms with Crippen molar-refractivity contribution in [3.63, 3.8) is 0 Å². The second kappa shape index (κ2) is 13.6. The van der Waals surface area contributed by atoms with Gasteiger partial charge in [0.1, 0.15) is 0 Å². The maximum Gasteiger partial charge on any atom is 0 e. The van der Waals surface area contributed by atoms with Gasteiger partial charge in [-0.05, 0) is 25.7 Å². The van der Waals surface area contributed by atoms with Gasteiger partial charge in [-0.25, -0.2) is 0 Å². The number of hydrogen-bond acceptors (Lipinski definition) is 0. The molecule has 0 aromatic rings. The first kappa shape index (κ1) is 17.1. The molecule has 0 saturated heterocycles. The molecule has 0 amide bonds. The largest absolute Gasteiger partial charge is 0 e. The first-order chi connectivity index (χ1) is 5.73. The van der Waals surface area contributed by atoms with Crippen molar-refractivity contribution >= 4 is 28.8 Å². The van der Waals surface area contributed by atoms with Crippen LogP contribution in [0.4, 0.5) is 0 Å². The van der Waals surface area contributed by atoms with Crippen LogP contribution in [-0.2, 0) is 33.6 Å². The van der Waals surface area contributed by atoms with Gasteiger partial charge in [0, 0.05) is 20.1 Å². The van der Waals surface area contributed by atoms with Gasteiger partial charge in [-0.2, -0.15) is 0 Å². The van der Waals surface area contributed by atoms with Crippen LogP contribution in [0.1, 0.15) is 25.7 Å². The van der Waals surface area contributed by atoms with Crippen molar-refractivity contribution < 1.29 is 33.6 Å². The summed E-state index contributed by atoms with van der Waals surface area (Å²) in [6.45, 7) is 0. The second-order valence-electron chi connectivity index (χ2n) is 2.28. The van der Waals surface area contributed by atoms with Gasteiger partial charge in [0.25, 0.3) is 0 Å². The van der Waals surface area contributed by atoms with Crippen molar-refractivity contribution in [2.24, 2.45) is 0 Å². The van der Waals surface area contributed by atoms with E-state index in [1.54, 1.807) is 0 Å². The molecule has 0 unspecified atom stereocenters. The zero-order valence-electron chi connectivity index (χ0n) is 6.94. The predicted molar refractivity (Wildman–Crippen MR) is 54.3 cm³/mol. The van der Waals surface area contributed by atoms with Crippen LogP contribution in [0.2, 0.25) is 0 Å². The maximum absolute atomic E-state index is 4.97. The monoisotopic (exact) mass is 599 g/mol. The van der Waals surface area contributed by atoms with Crippen LogP contribution in [0.25, 0.3) is 0 Å². The molecule has 0 aromatic carbocycles. The van der Waals surface area contributed by atoms with E-state index in [4.69, 9.17) is 28.8 Å². The summed E-state index contributed by atoms with van der Waals surface area (Å²) in [4.78, 5) is 0. The summed E-state index contributed by atoms with van der Waals surface area (Å²) >= 11 is -1.92. The van der Waals surface area contributed by atoms with E-state index in [1.807, 2.05) is 0 Å².